The number of halogens is 1. The molecule has 0 bridgehead atoms. The highest BCUT2D eigenvalue weighted by Crippen LogP contribution is 2.21. The molecule has 62 valence electrons. The van der Waals surface area contributed by atoms with Gasteiger partial charge in [0.1, 0.15) is 0 Å². The second kappa shape index (κ2) is 4.21. The van der Waals surface area contributed by atoms with E-state index in [9.17, 15) is 0 Å². The largest absolute Gasteiger partial charge is 0.246 e. The summed E-state index contributed by atoms with van der Waals surface area (Å²) in [7, 11) is 0. The Morgan fingerprint density at radius 2 is 2.27 bits per heavy atom. The van der Waals surface area contributed by atoms with Crippen molar-refractivity contribution in [1.29, 1.82) is 0 Å². The van der Waals surface area contributed by atoms with E-state index in [0.29, 0.717) is 0 Å². The number of nitrogens with zero attached hydrogens (tertiary/aromatic N) is 1. The quantitative estimate of drug-likeness (QED) is 0.731. The van der Waals surface area contributed by atoms with E-state index in [0.717, 1.165) is 11.8 Å². The molecule has 1 heterocycles. The average molecular weight is 234 g/mol. The van der Waals surface area contributed by atoms with Gasteiger partial charge in [-0.25, -0.2) is 4.98 Å². The maximum atomic E-state index is 4.46. The molecule has 1 nitrogen and oxygen atoms in total. The van der Waals surface area contributed by atoms with Crippen LogP contribution in [0.5, 0.6) is 0 Å². The van der Waals surface area contributed by atoms with Gasteiger partial charge in [0.15, 0.2) is 0 Å². The van der Waals surface area contributed by atoms with E-state index in [4.69, 9.17) is 0 Å². The van der Waals surface area contributed by atoms with Crippen LogP contribution >= 0.6 is 27.3 Å². The fraction of sp³-hybridized carbons (Fsp3) is 0.625. The third-order valence-electron chi connectivity index (χ3n) is 1.49. The van der Waals surface area contributed by atoms with E-state index in [1.54, 1.807) is 11.3 Å². The lowest BCUT2D eigenvalue weighted by atomic mass is 10.2. The minimum atomic E-state index is 0.952. The van der Waals surface area contributed by atoms with Gasteiger partial charge in [-0.3, -0.25) is 0 Å². The molecule has 0 atom stereocenters. The van der Waals surface area contributed by atoms with Crippen molar-refractivity contribution in [3.05, 3.63) is 15.6 Å². The zero-order valence-electron chi connectivity index (χ0n) is 6.85. The number of hydrogen-bond acceptors (Lipinski definition) is 2. The highest BCUT2D eigenvalue weighted by Gasteiger charge is 2.05. The van der Waals surface area contributed by atoms with Crippen molar-refractivity contribution < 1.29 is 0 Å². The molecule has 1 aromatic heterocycles. The fourth-order valence-corrected chi connectivity index (χ4v) is 2.55. The number of thiazole rings is 1. The molecular formula is C8H12BrNS. The fourth-order valence-electron chi connectivity index (χ4n) is 1.05. The first-order valence-electron chi connectivity index (χ1n) is 3.79. The van der Waals surface area contributed by atoms with Gasteiger partial charge in [-0.15, -0.1) is 11.3 Å². The van der Waals surface area contributed by atoms with Gasteiger partial charge < -0.3 is 0 Å². The van der Waals surface area contributed by atoms with Gasteiger partial charge in [-0.05, 0) is 13.3 Å². The van der Waals surface area contributed by atoms with Crippen LogP contribution < -0.4 is 0 Å². The molecule has 0 aliphatic rings. The van der Waals surface area contributed by atoms with Crippen molar-refractivity contribution in [2.75, 3.05) is 0 Å². The van der Waals surface area contributed by atoms with Crippen LogP contribution in [0, 0.1) is 6.92 Å². The molecule has 0 unspecified atom stereocenters. The lowest BCUT2D eigenvalue weighted by molar-refractivity contribution is 0.879. The van der Waals surface area contributed by atoms with Crippen molar-refractivity contribution in [2.45, 2.75) is 32.0 Å². The summed E-state index contributed by atoms with van der Waals surface area (Å²) in [5, 5.41) is 2.14. The van der Waals surface area contributed by atoms with Gasteiger partial charge in [0.05, 0.1) is 10.7 Å². The molecule has 0 aromatic carbocycles. The molecule has 0 saturated carbocycles. The minimum Gasteiger partial charge on any atom is -0.246 e. The molecule has 3 heteroatoms. The lowest BCUT2D eigenvalue weighted by Gasteiger charge is -1.93. The standard InChI is InChI=1S/C8H12BrNS/c1-3-4-7-8(5-9)11-6(2)10-7/h3-5H2,1-2H3. The molecule has 0 amide bonds. The van der Waals surface area contributed by atoms with Crippen LogP contribution in [-0.4, -0.2) is 4.98 Å². The highest BCUT2D eigenvalue weighted by molar-refractivity contribution is 9.08. The maximum Gasteiger partial charge on any atom is 0.0900 e. The molecule has 1 aromatic rings. The van der Waals surface area contributed by atoms with E-state index >= 15 is 0 Å². The summed E-state index contributed by atoms with van der Waals surface area (Å²) < 4.78 is 0. The first kappa shape index (κ1) is 9.20. The van der Waals surface area contributed by atoms with E-state index in [1.807, 2.05) is 0 Å². The van der Waals surface area contributed by atoms with Crippen LogP contribution in [0.15, 0.2) is 0 Å². The van der Waals surface area contributed by atoms with Gasteiger partial charge in [-0.1, -0.05) is 29.3 Å². The predicted octanol–water partition coefficient (Wildman–Crippen LogP) is 3.30. The Labute approximate surface area is 80.0 Å². The monoisotopic (exact) mass is 233 g/mol. The molecule has 0 spiro atoms. The summed E-state index contributed by atoms with van der Waals surface area (Å²) in [5.74, 6) is 0. The second-order valence-corrected chi connectivity index (χ2v) is 4.33. The van der Waals surface area contributed by atoms with Crippen LogP contribution in [0.25, 0.3) is 0 Å². The summed E-state index contributed by atoms with van der Waals surface area (Å²) in [6.07, 6.45) is 2.30. The van der Waals surface area contributed by atoms with Crippen molar-refractivity contribution >= 4 is 27.3 Å². The molecule has 0 saturated heterocycles. The molecule has 0 aliphatic heterocycles. The molecule has 1 rings (SSSR count). The van der Waals surface area contributed by atoms with Crippen molar-refractivity contribution in [3.8, 4) is 0 Å². The molecule has 0 N–H and O–H groups in total. The number of hydrogen-bond donors (Lipinski definition) is 0. The number of aromatic nitrogens is 1. The maximum absolute atomic E-state index is 4.46. The average Bonchev–Trinajstić information content (AvgIpc) is 2.32. The van der Waals surface area contributed by atoms with Crippen LogP contribution in [0.4, 0.5) is 0 Å². The number of alkyl halides is 1. The normalized spacial score (nSPS) is 10.5. The first-order chi connectivity index (χ1) is 5.27. The lowest BCUT2D eigenvalue weighted by Crippen LogP contribution is -1.87. The zero-order valence-corrected chi connectivity index (χ0v) is 9.26. The Kier molecular flexibility index (Phi) is 3.52. The van der Waals surface area contributed by atoms with Gasteiger partial charge in [0, 0.05) is 10.2 Å². The SMILES string of the molecule is CCCc1nc(C)sc1CBr. The Morgan fingerprint density at radius 3 is 2.82 bits per heavy atom. The first-order valence-corrected chi connectivity index (χ1v) is 5.72. The Bertz CT molecular complexity index is 232. The predicted molar refractivity (Wildman–Crippen MR) is 53.5 cm³/mol. The van der Waals surface area contributed by atoms with Crippen molar-refractivity contribution in [2.24, 2.45) is 0 Å². The summed E-state index contributed by atoms with van der Waals surface area (Å²) in [6, 6.07) is 0. The molecule has 0 aliphatic carbocycles. The van der Waals surface area contributed by atoms with Crippen LogP contribution in [-0.2, 0) is 11.8 Å². The third-order valence-corrected chi connectivity index (χ3v) is 3.44. The summed E-state index contributed by atoms with van der Waals surface area (Å²) in [4.78, 5) is 5.85. The summed E-state index contributed by atoms with van der Waals surface area (Å²) in [6.45, 7) is 4.25. The van der Waals surface area contributed by atoms with Crippen LogP contribution in [0.1, 0.15) is 28.9 Å². The minimum absolute atomic E-state index is 0.952. The van der Waals surface area contributed by atoms with Gasteiger partial charge >= 0.3 is 0 Å². The van der Waals surface area contributed by atoms with Crippen molar-refractivity contribution in [3.63, 3.8) is 0 Å². The third kappa shape index (κ3) is 2.27. The van der Waals surface area contributed by atoms with Crippen molar-refractivity contribution in [1.82, 2.24) is 4.98 Å². The van der Waals surface area contributed by atoms with Gasteiger partial charge in [0.25, 0.3) is 0 Å². The molecular weight excluding hydrogens is 222 g/mol. The zero-order chi connectivity index (χ0) is 8.27. The second-order valence-electron chi connectivity index (χ2n) is 2.49. The Morgan fingerprint density at radius 1 is 1.55 bits per heavy atom. The van der Waals surface area contributed by atoms with Crippen LogP contribution in [0.2, 0.25) is 0 Å². The molecule has 0 radical (unpaired) electrons. The van der Waals surface area contributed by atoms with E-state index in [1.165, 1.54) is 22.0 Å². The van der Waals surface area contributed by atoms with Gasteiger partial charge in [0.2, 0.25) is 0 Å². The van der Waals surface area contributed by atoms with Crippen LogP contribution in [0.3, 0.4) is 0 Å². The van der Waals surface area contributed by atoms with Gasteiger partial charge in [-0.2, -0.15) is 0 Å². The highest BCUT2D eigenvalue weighted by atomic mass is 79.9. The topological polar surface area (TPSA) is 12.9 Å². The Balaban J connectivity index is 2.83. The summed E-state index contributed by atoms with van der Waals surface area (Å²) in [5.41, 5.74) is 1.28. The number of rotatable bonds is 3. The van der Waals surface area contributed by atoms with E-state index in [-0.39, 0.29) is 0 Å². The van der Waals surface area contributed by atoms with E-state index in [2.05, 4.69) is 34.8 Å². The smallest absolute Gasteiger partial charge is 0.0900 e. The summed E-state index contributed by atoms with van der Waals surface area (Å²) >= 11 is 5.26. The Hall–Kier alpha value is 0.110. The molecule has 11 heavy (non-hydrogen) atoms. The number of aryl methyl sites for hydroxylation is 2. The van der Waals surface area contributed by atoms with E-state index < -0.39 is 0 Å². The molecule has 0 fully saturated rings.